The maximum atomic E-state index is 15.0. The number of hydrogen-bond donors (Lipinski definition) is 3. The Morgan fingerprint density at radius 2 is 1.73 bits per heavy atom. The lowest BCUT2D eigenvalue weighted by atomic mass is 9.85. The number of methoxy groups -OCH3 is 2. The predicted octanol–water partition coefficient (Wildman–Crippen LogP) is 5.56. The van der Waals surface area contributed by atoms with E-state index in [1.54, 1.807) is 32.0 Å². The minimum Gasteiger partial charge on any atom is -0.497 e. The number of ether oxygens (including phenoxy) is 4. The number of hydrogen-bond acceptors (Lipinski definition) is 12. The summed E-state index contributed by atoms with van der Waals surface area (Å²) < 4.78 is 90.2. The molecule has 0 radical (unpaired) electrons. The average molecular weight is 898 g/mol. The fraction of sp³-hybridized carbons (Fsp3) is 0.667. The van der Waals surface area contributed by atoms with E-state index in [0.29, 0.717) is 56.1 Å². The molecule has 16 nitrogen and oxygen atoms in total. The second-order valence-electron chi connectivity index (χ2n) is 17.6. The van der Waals surface area contributed by atoms with Crippen LogP contribution >= 0.6 is 0 Å². The molecule has 1 aliphatic heterocycles. The van der Waals surface area contributed by atoms with E-state index in [0.717, 1.165) is 17.7 Å². The molecule has 7 atom stereocenters. The average Bonchev–Trinajstić information content (AvgIpc) is 4.06. The van der Waals surface area contributed by atoms with Crippen molar-refractivity contribution in [1.29, 1.82) is 0 Å². The second kappa shape index (κ2) is 18.1. The van der Waals surface area contributed by atoms with Crippen LogP contribution in [0.3, 0.4) is 0 Å². The Kier molecular flexibility index (Phi) is 14.0. The van der Waals surface area contributed by atoms with Gasteiger partial charge in [-0.15, -0.1) is 0 Å². The number of likely N-dealkylation sites (tertiary alicyclic amines) is 1. The van der Waals surface area contributed by atoms with Gasteiger partial charge in [-0.3, -0.25) is 19.1 Å². The third-order valence-electron chi connectivity index (χ3n) is 12.5. The Bertz CT molecular complexity index is 2170. The third kappa shape index (κ3) is 9.99. The summed E-state index contributed by atoms with van der Waals surface area (Å²) >= 11 is 0. The van der Waals surface area contributed by atoms with Crippen LogP contribution in [0.25, 0.3) is 10.8 Å². The summed E-state index contributed by atoms with van der Waals surface area (Å²) in [5.74, 6) is -3.89. The van der Waals surface area contributed by atoms with Crippen molar-refractivity contribution >= 4 is 50.6 Å². The lowest BCUT2D eigenvalue weighted by Crippen LogP contribution is -2.60. The summed E-state index contributed by atoms with van der Waals surface area (Å²) in [5.41, 5.74) is -4.44. The number of alkyl carbamates (subject to hydrolysis) is 1. The van der Waals surface area contributed by atoms with Crippen LogP contribution in [-0.2, 0) is 33.9 Å². The van der Waals surface area contributed by atoms with Gasteiger partial charge in [0.25, 0.3) is 5.91 Å². The number of benzene rings is 1. The largest absolute Gasteiger partial charge is 0.497 e. The van der Waals surface area contributed by atoms with Crippen molar-refractivity contribution in [1.82, 2.24) is 25.2 Å². The van der Waals surface area contributed by atoms with Crippen molar-refractivity contribution in [2.75, 3.05) is 20.8 Å². The number of amides is 4. The van der Waals surface area contributed by atoms with E-state index in [1.807, 2.05) is 13.8 Å². The first-order valence-electron chi connectivity index (χ1n) is 20.8. The highest BCUT2D eigenvalue weighted by molar-refractivity contribution is 7.91. The molecule has 5 rings (SSSR count). The van der Waals surface area contributed by atoms with Crippen LogP contribution in [-0.4, -0.2) is 109 Å². The van der Waals surface area contributed by atoms with Gasteiger partial charge in [-0.05, 0) is 82.4 Å². The van der Waals surface area contributed by atoms with Gasteiger partial charge in [0, 0.05) is 23.4 Å². The zero-order chi connectivity index (χ0) is 46.2. The maximum absolute atomic E-state index is 15.0. The molecule has 3 N–H and O–H groups in total. The van der Waals surface area contributed by atoms with E-state index in [-0.39, 0.29) is 36.7 Å². The zero-order valence-corrected chi connectivity index (χ0v) is 37.4. The predicted molar refractivity (Wildman–Crippen MR) is 220 cm³/mol. The Labute approximate surface area is 359 Å². The molecule has 1 saturated heterocycles. The summed E-state index contributed by atoms with van der Waals surface area (Å²) in [6, 6.07) is 1.94. The molecule has 0 bridgehead atoms. The SMILES string of the molecule is CCC[C@@H](C)C[C@@H](CC)[C@H](NC(=O)OC(C)(C)C(F)(F)F)C(=O)N1C[C@H](Oc2ncc(C(=O)OC)c3cc(OC)ccc23)C[C@H]1C(=O)N[C@]1(C(=O)NS(=O)(=O)C2(C)CC2)C[C@H]1C. The molecule has 20 heteroatoms. The van der Waals surface area contributed by atoms with Gasteiger partial charge in [-0.1, -0.05) is 47.0 Å². The molecule has 0 unspecified atom stereocenters. The second-order valence-corrected chi connectivity index (χ2v) is 19.8. The van der Waals surface area contributed by atoms with Crippen LogP contribution in [0.1, 0.15) is 110 Å². The highest BCUT2D eigenvalue weighted by atomic mass is 32.2. The van der Waals surface area contributed by atoms with Gasteiger partial charge in [-0.2, -0.15) is 13.2 Å². The van der Waals surface area contributed by atoms with Crippen molar-refractivity contribution in [3.63, 3.8) is 0 Å². The van der Waals surface area contributed by atoms with E-state index in [1.165, 1.54) is 27.3 Å². The highest BCUT2D eigenvalue weighted by Crippen LogP contribution is 2.46. The zero-order valence-electron chi connectivity index (χ0n) is 36.6. The molecule has 2 heterocycles. The van der Waals surface area contributed by atoms with Crippen LogP contribution < -0.4 is 24.8 Å². The van der Waals surface area contributed by atoms with Crippen molar-refractivity contribution in [2.45, 2.75) is 140 Å². The number of esters is 1. The van der Waals surface area contributed by atoms with E-state index in [9.17, 15) is 45.6 Å². The first kappa shape index (κ1) is 48.2. The summed E-state index contributed by atoms with van der Waals surface area (Å²) in [7, 11) is -1.42. The van der Waals surface area contributed by atoms with Gasteiger partial charge >= 0.3 is 18.2 Å². The van der Waals surface area contributed by atoms with E-state index in [4.69, 9.17) is 18.9 Å². The molecule has 1 aromatic carbocycles. The molecule has 3 fully saturated rings. The maximum Gasteiger partial charge on any atom is 0.427 e. The Hall–Kier alpha value is -4.88. The molecular formula is C42H58F3N5O11S. The molecule has 0 spiro atoms. The lowest BCUT2D eigenvalue weighted by molar-refractivity contribution is -0.244. The highest BCUT2D eigenvalue weighted by Gasteiger charge is 2.62. The number of pyridine rings is 1. The minimum atomic E-state index is -4.94. The summed E-state index contributed by atoms with van der Waals surface area (Å²) in [4.78, 5) is 74.7. The first-order chi connectivity index (χ1) is 28.9. The summed E-state index contributed by atoms with van der Waals surface area (Å²) in [6.07, 6.45) is -3.29. The van der Waals surface area contributed by atoms with Gasteiger partial charge in [0.2, 0.25) is 33.3 Å². The van der Waals surface area contributed by atoms with Gasteiger partial charge in [0.1, 0.15) is 29.5 Å². The van der Waals surface area contributed by atoms with E-state index >= 15 is 0 Å². The molecule has 3 aliphatic rings. The smallest absolute Gasteiger partial charge is 0.427 e. The number of fused-ring (bicyclic) bond motifs is 1. The number of alkyl halides is 3. The van der Waals surface area contributed by atoms with Crippen molar-refractivity contribution in [2.24, 2.45) is 17.8 Å². The fourth-order valence-electron chi connectivity index (χ4n) is 7.95. The van der Waals surface area contributed by atoms with Crippen molar-refractivity contribution in [3.05, 3.63) is 30.0 Å². The molecule has 344 valence electrons. The van der Waals surface area contributed by atoms with Gasteiger partial charge < -0.3 is 34.5 Å². The van der Waals surface area contributed by atoms with Gasteiger partial charge in [-0.25, -0.2) is 23.0 Å². The van der Waals surface area contributed by atoms with Crippen LogP contribution in [0.2, 0.25) is 0 Å². The lowest BCUT2D eigenvalue weighted by Gasteiger charge is -2.35. The third-order valence-corrected chi connectivity index (χ3v) is 14.7. The van der Waals surface area contributed by atoms with Crippen LogP contribution in [0.5, 0.6) is 11.6 Å². The van der Waals surface area contributed by atoms with E-state index < -0.39 is 91.9 Å². The molecule has 2 saturated carbocycles. The number of rotatable bonds is 18. The minimum absolute atomic E-state index is 0.0201. The monoisotopic (exact) mass is 897 g/mol. The first-order valence-corrected chi connectivity index (χ1v) is 22.3. The van der Waals surface area contributed by atoms with E-state index in [2.05, 4.69) is 20.3 Å². The number of sulfonamides is 1. The number of halogens is 3. The van der Waals surface area contributed by atoms with Crippen LogP contribution in [0.4, 0.5) is 18.0 Å². The Balaban J connectivity index is 1.53. The number of carbonyl (C=O) groups excluding carboxylic acids is 5. The summed E-state index contributed by atoms with van der Waals surface area (Å²) in [6.45, 7) is 9.95. The molecule has 1 aromatic heterocycles. The van der Waals surface area contributed by atoms with Crippen molar-refractivity contribution in [3.8, 4) is 11.6 Å². The van der Waals surface area contributed by atoms with Crippen LogP contribution in [0.15, 0.2) is 24.4 Å². The number of nitrogens with one attached hydrogen (secondary N) is 3. The molecular weight excluding hydrogens is 840 g/mol. The quantitative estimate of drug-likeness (QED) is 0.157. The standard InChI is InChI=1S/C42H58F3N5O11S/c1-10-12-23(3)17-25(11-2)32(47-38(55)61-39(5,6)42(43,44)45)35(52)50-22-27(60-34-28-14-13-26(58-8)18-29(28)30(21-46-34)36(53)59-9)19-31(50)33(51)48-41(20-24(41)4)37(54)49-62(56,57)40(7)15-16-40/h13-14,18,21,23-25,27,31-32H,10-12,15-17,19-20,22H2,1-9H3,(H,47,55)(H,48,51)(H,49,54)/t23-,24-,25-,27-,31+,32+,41-/m1/s1. The van der Waals surface area contributed by atoms with Crippen LogP contribution in [0, 0.1) is 17.8 Å². The number of aromatic nitrogens is 1. The molecule has 2 aliphatic carbocycles. The van der Waals surface area contributed by atoms with Gasteiger partial charge in [0.15, 0.2) is 0 Å². The molecule has 62 heavy (non-hydrogen) atoms. The molecule has 4 amide bonds. The van der Waals surface area contributed by atoms with Gasteiger partial charge in [0.05, 0.1) is 31.1 Å². The topological polar surface area (TPSA) is 209 Å². The normalized spacial score (nSPS) is 23.4. The number of nitrogens with zero attached hydrogens (tertiary/aromatic N) is 2. The summed E-state index contributed by atoms with van der Waals surface area (Å²) in [5, 5.41) is 5.86. The molecule has 2 aromatic rings. The Morgan fingerprint density at radius 3 is 2.27 bits per heavy atom. The fourth-order valence-corrected chi connectivity index (χ4v) is 9.26. The number of carbonyl (C=O) groups is 5. The van der Waals surface area contributed by atoms with Crippen molar-refractivity contribution < 1.29 is 64.5 Å². The Morgan fingerprint density at radius 1 is 1.06 bits per heavy atom.